The van der Waals surface area contributed by atoms with Gasteiger partial charge < -0.3 is 10.6 Å². The molecule has 3 heterocycles. The van der Waals surface area contributed by atoms with Crippen LogP contribution in [-0.4, -0.2) is 39.6 Å². The highest BCUT2D eigenvalue weighted by Crippen LogP contribution is 2.15. The van der Waals surface area contributed by atoms with Crippen molar-refractivity contribution < 1.29 is 0 Å². The van der Waals surface area contributed by atoms with Gasteiger partial charge in [-0.2, -0.15) is 0 Å². The maximum absolute atomic E-state index is 5.72. The molecule has 98 valence electrons. The van der Waals surface area contributed by atoms with Crippen LogP contribution in [0.25, 0.3) is 5.52 Å². The van der Waals surface area contributed by atoms with Gasteiger partial charge in [0, 0.05) is 6.20 Å². The predicted molar refractivity (Wildman–Crippen MR) is 73.8 cm³/mol. The van der Waals surface area contributed by atoms with E-state index in [1.807, 2.05) is 12.1 Å². The van der Waals surface area contributed by atoms with Crippen LogP contribution >= 0.6 is 11.6 Å². The second kappa shape index (κ2) is 6.02. The summed E-state index contributed by atoms with van der Waals surface area (Å²) in [7, 11) is 2.19. The van der Waals surface area contributed by atoms with Gasteiger partial charge in [0.15, 0.2) is 5.15 Å². The Hall–Kier alpha value is -1.33. The molecule has 0 unspecified atom stereocenters. The number of nitrogen functional groups attached to an aromatic ring is 1. The molecule has 0 saturated carbocycles. The maximum atomic E-state index is 5.72. The molecule has 2 aromatic heterocycles. The van der Waals surface area contributed by atoms with E-state index in [1.165, 1.54) is 32.4 Å². The van der Waals surface area contributed by atoms with Crippen LogP contribution in [0.1, 0.15) is 19.3 Å². The molecule has 1 aliphatic heterocycles. The highest BCUT2D eigenvalue weighted by molar-refractivity contribution is 6.32. The van der Waals surface area contributed by atoms with Crippen molar-refractivity contribution in [1.82, 2.24) is 19.5 Å². The summed E-state index contributed by atoms with van der Waals surface area (Å²) < 4.78 is 1.68. The number of piperidine rings is 1. The van der Waals surface area contributed by atoms with E-state index in [0.29, 0.717) is 11.1 Å². The Morgan fingerprint density at radius 3 is 2.50 bits per heavy atom. The van der Waals surface area contributed by atoms with E-state index in [2.05, 4.69) is 22.1 Å². The summed E-state index contributed by atoms with van der Waals surface area (Å²) in [5.41, 5.74) is 6.28. The van der Waals surface area contributed by atoms with Gasteiger partial charge in [-0.15, -0.1) is 10.2 Å². The number of anilines is 1. The van der Waals surface area contributed by atoms with Crippen LogP contribution in [0.4, 0.5) is 5.95 Å². The van der Waals surface area contributed by atoms with Crippen molar-refractivity contribution >= 4 is 23.1 Å². The van der Waals surface area contributed by atoms with E-state index in [1.54, 1.807) is 10.6 Å². The number of aromatic nitrogens is 3. The number of fused-ring (bicyclic) bond motifs is 1. The van der Waals surface area contributed by atoms with Crippen LogP contribution in [0.15, 0.2) is 18.3 Å². The summed E-state index contributed by atoms with van der Waals surface area (Å²) in [5.74, 6) is 0.342. The molecular formula is C12H18ClN5. The fraction of sp³-hybridized carbons (Fsp3) is 0.500. The third kappa shape index (κ3) is 3.11. The Balaban J connectivity index is 0.000000149. The van der Waals surface area contributed by atoms with Crippen LogP contribution in [0.5, 0.6) is 0 Å². The highest BCUT2D eigenvalue weighted by atomic mass is 35.5. The number of hydrogen-bond acceptors (Lipinski definition) is 4. The molecule has 18 heavy (non-hydrogen) atoms. The van der Waals surface area contributed by atoms with E-state index in [9.17, 15) is 0 Å². The molecule has 0 spiro atoms. The molecule has 0 amide bonds. The van der Waals surface area contributed by atoms with Gasteiger partial charge in [-0.25, -0.2) is 0 Å². The average Bonchev–Trinajstić information content (AvgIpc) is 2.86. The van der Waals surface area contributed by atoms with Gasteiger partial charge in [-0.1, -0.05) is 18.0 Å². The first kappa shape index (κ1) is 13.1. The SMILES string of the molecule is CN1CCCCC1.Nc1nnc(Cl)c2cccn12. The number of halogens is 1. The lowest BCUT2D eigenvalue weighted by Gasteiger charge is -2.20. The first-order chi connectivity index (χ1) is 8.68. The first-order valence-electron chi connectivity index (χ1n) is 6.12. The van der Waals surface area contributed by atoms with Crippen molar-refractivity contribution in [3.8, 4) is 0 Å². The first-order valence-corrected chi connectivity index (χ1v) is 6.49. The third-order valence-electron chi connectivity index (χ3n) is 3.03. The minimum Gasteiger partial charge on any atom is -0.368 e. The number of nitrogens with zero attached hydrogens (tertiary/aromatic N) is 4. The van der Waals surface area contributed by atoms with Crippen molar-refractivity contribution in [2.75, 3.05) is 25.9 Å². The fourth-order valence-electron chi connectivity index (χ4n) is 2.00. The molecule has 2 N–H and O–H groups in total. The quantitative estimate of drug-likeness (QED) is 0.794. The Labute approximate surface area is 112 Å². The summed E-state index contributed by atoms with van der Waals surface area (Å²) in [6.45, 7) is 2.64. The Morgan fingerprint density at radius 2 is 1.94 bits per heavy atom. The largest absolute Gasteiger partial charge is 0.368 e. The lowest BCUT2D eigenvalue weighted by Crippen LogP contribution is -2.24. The number of likely N-dealkylation sites (tertiary alicyclic amines) is 1. The minimum atomic E-state index is 0.342. The zero-order chi connectivity index (χ0) is 13.0. The Kier molecular flexibility index (Phi) is 4.38. The van der Waals surface area contributed by atoms with Gasteiger partial charge in [0.05, 0.1) is 5.52 Å². The summed E-state index contributed by atoms with van der Waals surface area (Å²) in [4.78, 5) is 2.39. The molecule has 0 aromatic carbocycles. The molecule has 0 bridgehead atoms. The minimum absolute atomic E-state index is 0.342. The van der Waals surface area contributed by atoms with Crippen molar-refractivity contribution in [3.05, 3.63) is 23.5 Å². The highest BCUT2D eigenvalue weighted by Gasteiger charge is 2.02. The molecule has 6 heteroatoms. The standard InChI is InChI=1S/C6H5ClN4.C6H13N/c7-5-4-2-1-3-11(4)6(8)10-9-5;1-7-5-3-2-4-6-7/h1-3H,(H2,8,10);2-6H2,1H3. The summed E-state index contributed by atoms with van der Waals surface area (Å²) in [6, 6.07) is 3.66. The summed E-state index contributed by atoms with van der Waals surface area (Å²) >= 11 is 5.72. The number of hydrogen-bond donors (Lipinski definition) is 1. The average molecular weight is 268 g/mol. The molecular weight excluding hydrogens is 250 g/mol. The van der Waals surface area contributed by atoms with Gasteiger partial charge in [-0.05, 0) is 45.1 Å². The normalized spacial score (nSPS) is 16.3. The van der Waals surface area contributed by atoms with Gasteiger partial charge in [0.1, 0.15) is 0 Å². The van der Waals surface area contributed by atoms with E-state index in [4.69, 9.17) is 17.3 Å². The molecule has 1 aliphatic rings. The van der Waals surface area contributed by atoms with Gasteiger partial charge in [0.2, 0.25) is 5.95 Å². The van der Waals surface area contributed by atoms with Crippen LogP contribution in [0, 0.1) is 0 Å². The lowest BCUT2D eigenvalue weighted by molar-refractivity contribution is 0.277. The molecule has 3 rings (SSSR count). The van der Waals surface area contributed by atoms with Gasteiger partial charge >= 0.3 is 0 Å². The lowest BCUT2D eigenvalue weighted by atomic mass is 10.1. The van der Waals surface area contributed by atoms with Crippen LogP contribution in [0.2, 0.25) is 5.15 Å². The smallest absolute Gasteiger partial charge is 0.225 e. The van der Waals surface area contributed by atoms with Crippen molar-refractivity contribution in [1.29, 1.82) is 0 Å². The van der Waals surface area contributed by atoms with Crippen molar-refractivity contribution in [2.45, 2.75) is 19.3 Å². The van der Waals surface area contributed by atoms with Gasteiger partial charge in [-0.3, -0.25) is 4.40 Å². The predicted octanol–water partition coefficient (Wildman–Crippen LogP) is 2.07. The zero-order valence-corrected chi connectivity index (χ0v) is 11.3. The monoisotopic (exact) mass is 267 g/mol. The summed E-state index contributed by atoms with van der Waals surface area (Å²) in [5, 5.41) is 7.65. The summed E-state index contributed by atoms with van der Waals surface area (Å²) in [6.07, 6.45) is 6.06. The fourth-order valence-corrected chi connectivity index (χ4v) is 2.19. The number of nitrogens with two attached hydrogens (primary N) is 1. The Morgan fingerprint density at radius 1 is 1.22 bits per heavy atom. The van der Waals surface area contributed by atoms with E-state index in [-0.39, 0.29) is 0 Å². The van der Waals surface area contributed by atoms with E-state index in [0.717, 1.165) is 5.52 Å². The second-order valence-electron chi connectivity index (χ2n) is 4.48. The molecule has 1 fully saturated rings. The van der Waals surface area contributed by atoms with Crippen LogP contribution < -0.4 is 5.73 Å². The van der Waals surface area contributed by atoms with Crippen molar-refractivity contribution in [2.24, 2.45) is 0 Å². The molecule has 0 atom stereocenters. The maximum Gasteiger partial charge on any atom is 0.225 e. The molecule has 5 nitrogen and oxygen atoms in total. The topological polar surface area (TPSA) is 59.5 Å². The zero-order valence-electron chi connectivity index (χ0n) is 10.5. The van der Waals surface area contributed by atoms with Gasteiger partial charge in [0.25, 0.3) is 0 Å². The van der Waals surface area contributed by atoms with Crippen molar-refractivity contribution in [3.63, 3.8) is 0 Å². The molecule has 1 saturated heterocycles. The third-order valence-corrected chi connectivity index (χ3v) is 3.30. The Bertz CT molecular complexity index is 468. The second-order valence-corrected chi connectivity index (χ2v) is 4.83. The van der Waals surface area contributed by atoms with Crippen LogP contribution in [0.3, 0.4) is 0 Å². The molecule has 0 radical (unpaired) electrons. The molecule has 0 aliphatic carbocycles. The molecule has 2 aromatic rings. The van der Waals surface area contributed by atoms with E-state index < -0.39 is 0 Å². The van der Waals surface area contributed by atoms with Crippen LogP contribution in [-0.2, 0) is 0 Å². The number of rotatable bonds is 0. The van der Waals surface area contributed by atoms with E-state index >= 15 is 0 Å².